The zero-order chi connectivity index (χ0) is 21.7. The summed E-state index contributed by atoms with van der Waals surface area (Å²) in [4.78, 5) is 12.5. The van der Waals surface area contributed by atoms with Crippen molar-refractivity contribution in [2.45, 2.75) is 38.6 Å². The third-order valence-electron chi connectivity index (χ3n) is 4.38. The molecule has 2 N–H and O–H groups in total. The van der Waals surface area contributed by atoms with Crippen molar-refractivity contribution in [1.82, 2.24) is 10.0 Å². The van der Waals surface area contributed by atoms with E-state index in [1.807, 2.05) is 6.07 Å². The largest absolute Gasteiger partial charge is 0.486 e. The minimum Gasteiger partial charge on any atom is -0.486 e. The lowest BCUT2D eigenvalue weighted by Crippen LogP contribution is -2.32. The number of sulfonamides is 1. The van der Waals surface area contributed by atoms with E-state index in [9.17, 15) is 13.2 Å². The number of carbonyl (C=O) groups is 1. The van der Waals surface area contributed by atoms with Gasteiger partial charge in [-0.05, 0) is 42.7 Å². The van der Waals surface area contributed by atoms with Crippen molar-refractivity contribution in [1.29, 1.82) is 0 Å². The molecule has 2 aromatic carbocycles. The van der Waals surface area contributed by atoms with Gasteiger partial charge in [0.15, 0.2) is 11.5 Å². The van der Waals surface area contributed by atoms with E-state index in [-0.39, 0.29) is 30.7 Å². The van der Waals surface area contributed by atoms with Gasteiger partial charge >= 0.3 is 0 Å². The molecule has 9 heteroatoms. The van der Waals surface area contributed by atoms with Gasteiger partial charge in [0, 0.05) is 12.6 Å². The summed E-state index contributed by atoms with van der Waals surface area (Å²) in [7, 11) is -3.46. The Balaban J connectivity index is 1.64. The third kappa shape index (κ3) is 6.10. The summed E-state index contributed by atoms with van der Waals surface area (Å²) in [6.07, 6.45) is 0.117. The highest BCUT2D eigenvalue weighted by Gasteiger charge is 2.18. The number of fused-ring (bicyclic) bond motifs is 1. The Morgan fingerprint density at radius 3 is 2.57 bits per heavy atom. The Morgan fingerprint density at radius 1 is 1.13 bits per heavy atom. The van der Waals surface area contributed by atoms with Crippen molar-refractivity contribution in [2.75, 3.05) is 13.2 Å². The molecular weight excluding hydrogens is 428 g/mol. The van der Waals surface area contributed by atoms with Crippen molar-refractivity contribution in [2.24, 2.45) is 0 Å². The van der Waals surface area contributed by atoms with E-state index >= 15 is 0 Å². The van der Waals surface area contributed by atoms with Crippen LogP contribution < -0.4 is 19.5 Å². The zero-order valence-electron chi connectivity index (χ0n) is 16.9. The predicted octanol–water partition coefficient (Wildman–Crippen LogP) is 2.80. The second kappa shape index (κ2) is 9.68. The molecule has 30 heavy (non-hydrogen) atoms. The molecule has 1 amide bonds. The number of benzene rings is 2. The fourth-order valence-corrected chi connectivity index (χ4v) is 4.96. The van der Waals surface area contributed by atoms with Gasteiger partial charge in [0.1, 0.15) is 13.2 Å². The number of ether oxygens (including phenoxy) is 2. The Bertz CT molecular complexity index is 1020. The maximum absolute atomic E-state index is 12.5. The lowest BCUT2D eigenvalue weighted by atomic mass is 10.1. The number of carbonyl (C=O) groups excluding carboxylic acids is 1. The monoisotopic (exact) mass is 452 g/mol. The lowest BCUT2D eigenvalue weighted by Gasteiger charge is -2.20. The van der Waals surface area contributed by atoms with Crippen LogP contribution in [-0.2, 0) is 33.5 Å². The van der Waals surface area contributed by atoms with Gasteiger partial charge in [-0.25, -0.2) is 13.1 Å². The molecule has 1 aliphatic heterocycles. The Kier molecular flexibility index (Phi) is 7.23. The minimum atomic E-state index is -3.46. The van der Waals surface area contributed by atoms with Crippen molar-refractivity contribution < 1.29 is 22.7 Å². The molecule has 0 radical (unpaired) electrons. The molecular formula is C21H25ClN2O5S. The maximum Gasteiger partial charge on any atom is 0.224 e. The molecule has 0 bridgehead atoms. The van der Waals surface area contributed by atoms with Gasteiger partial charge in [-0.1, -0.05) is 35.9 Å². The number of halogens is 1. The Morgan fingerprint density at radius 2 is 1.83 bits per heavy atom. The van der Waals surface area contributed by atoms with Crippen LogP contribution in [-0.4, -0.2) is 33.6 Å². The zero-order valence-corrected chi connectivity index (χ0v) is 18.5. The summed E-state index contributed by atoms with van der Waals surface area (Å²) in [6.45, 7) is 4.64. The van der Waals surface area contributed by atoms with Gasteiger partial charge < -0.3 is 14.8 Å². The Hall–Kier alpha value is -2.29. The molecule has 0 aromatic heterocycles. The fraction of sp³-hybridized carbons (Fsp3) is 0.381. The molecule has 0 aliphatic carbocycles. The van der Waals surface area contributed by atoms with Crippen LogP contribution in [0.15, 0.2) is 36.4 Å². The average molecular weight is 453 g/mol. The van der Waals surface area contributed by atoms with E-state index in [4.69, 9.17) is 21.1 Å². The van der Waals surface area contributed by atoms with E-state index in [0.29, 0.717) is 40.9 Å². The van der Waals surface area contributed by atoms with Gasteiger partial charge in [-0.15, -0.1) is 0 Å². The first-order chi connectivity index (χ1) is 14.2. The molecule has 0 saturated heterocycles. The molecule has 0 fully saturated rings. The van der Waals surface area contributed by atoms with Crippen LogP contribution in [0.1, 0.15) is 30.5 Å². The second-order valence-corrected chi connectivity index (χ2v) is 9.52. The summed E-state index contributed by atoms with van der Waals surface area (Å²) >= 11 is 6.22. The van der Waals surface area contributed by atoms with Crippen LogP contribution in [0.4, 0.5) is 0 Å². The van der Waals surface area contributed by atoms with Crippen LogP contribution in [0, 0.1) is 0 Å². The van der Waals surface area contributed by atoms with Crippen molar-refractivity contribution in [3.05, 3.63) is 58.1 Å². The SMILES string of the molecule is CC(C)NS(=O)(=O)Cc1ccccc1CNC(=O)Cc1cc(Cl)c2c(c1)OCCO2. The minimum absolute atomic E-state index is 0.117. The third-order valence-corrected chi connectivity index (χ3v) is 6.18. The van der Waals surface area contributed by atoms with E-state index in [0.717, 1.165) is 5.56 Å². The highest BCUT2D eigenvalue weighted by atomic mass is 35.5. The Labute approximate surface area is 181 Å². The van der Waals surface area contributed by atoms with Gasteiger partial charge in [0.25, 0.3) is 0 Å². The van der Waals surface area contributed by atoms with E-state index in [2.05, 4.69) is 10.0 Å². The van der Waals surface area contributed by atoms with Crippen molar-refractivity contribution >= 4 is 27.5 Å². The van der Waals surface area contributed by atoms with Crippen LogP contribution in [0.25, 0.3) is 0 Å². The summed E-state index contributed by atoms with van der Waals surface area (Å²) in [5.74, 6) is 0.678. The molecule has 0 saturated carbocycles. The van der Waals surface area contributed by atoms with Crippen LogP contribution >= 0.6 is 11.6 Å². The number of hydrogen-bond donors (Lipinski definition) is 2. The van der Waals surface area contributed by atoms with Crippen LogP contribution in [0.3, 0.4) is 0 Å². The number of hydrogen-bond acceptors (Lipinski definition) is 5. The molecule has 0 unspecified atom stereocenters. The highest BCUT2D eigenvalue weighted by molar-refractivity contribution is 7.88. The average Bonchev–Trinajstić information content (AvgIpc) is 2.66. The first-order valence-corrected chi connectivity index (χ1v) is 11.7. The summed E-state index contributed by atoms with van der Waals surface area (Å²) in [6, 6.07) is 10.4. The number of nitrogens with one attached hydrogen (secondary N) is 2. The molecule has 3 rings (SSSR count). The first-order valence-electron chi connectivity index (χ1n) is 9.65. The molecule has 2 aromatic rings. The molecule has 1 heterocycles. The summed E-state index contributed by atoms with van der Waals surface area (Å²) < 4.78 is 38.1. The second-order valence-electron chi connectivity index (χ2n) is 7.36. The normalized spacial score (nSPS) is 13.3. The van der Waals surface area contributed by atoms with Gasteiger partial charge in [0.05, 0.1) is 17.2 Å². The topological polar surface area (TPSA) is 93.7 Å². The quantitative estimate of drug-likeness (QED) is 0.642. The van der Waals surface area contributed by atoms with Crippen molar-refractivity contribution in [3.8, 4) is 11.5 Å². The molecule has 0 atom stereocenters. The van der Waals surface area contributed by atoms with Gasteiger partial charge in [-0.3, -0.25) is 4.79 Å². The van der Waals surface area contributed by atoms with E-state index < -0.39 is 10.0 Å². The standard InChI is InChI=1S/C21H25ClN2O5S/c1-14(2)24-30(26,27)13-17-6-4-3-5-16(17)12-23-20(25)11-15-9-18(22)21-19(10-15)28-7-8-29-21/h3-6,9-10,14,24H,7-8,11-13H2,1-2H3,(H,23,25). The number of amides is 1. The van der Waals surface area contributed by atoms with Gasteiger partial charge in [-0.2, -0.15) is 0 Å². The molecule has 162 valence electrons. The fourth-order valence-electron chi connectivity index (χ4n) is 3.18. The lowest BCUT2D eigenvalue weighted by molar-refractivity contribution is -0.120. The summed E-state index contributed by atoms with van der Waals surface area (Å²) in [5.41, 5.74) is 2.10. The van der Waals surface area contributed by atoms with Crippen LogP contribution in [0.2, 0.25) is 5.02 Å². The number of rotatable bonds is 8. The van der Waals surface area contributed by atoms with Gasteiger partial charge in [0.2, 0.25) is 15.9 Å². The maximum atomic E-state index is 12.5. The van der Waals surface area contributed by atoms with Crippen LogP contribution in [0.5, 0.6) is 11.5 Å². The van der Waals surface area contributed by atoms with E-state index in [1.54, 1.807) is 44.2 Å². The summed E-state index contributed by atoms with van der Waals surface area (Å²) in [5, 5.41) is 3.25. The predicted molar refractivity (Wildman–Crippen MR) is 115 cm³/mol. The van der Waals surface area contributed by atoms with E-state index in [1.165, 1.54) is 0 Å². The highest BCUT2D eigenvalue weighted by Crippen LogP contribution is 2.38. The molecule has 1 aliphatic rings. The van der Waals surface area contributed by atoms with Crippen molar-refractivity contribution in [3.63, 3.8) is 0 Å². The molecule has 0 spiro atoms. The molecule has 7 nitrogen and oxygen atoms in total. The first kappa shape index (κ1) is 22.4. The smallest absolute Gasteiger partial charge is 0.224 e.